The van der Waals surface area contributed by atoms with Gasteiger partial charge in [0.05, 0.1) is 23.5 Å². The third-order valence-electron chi connectivity index (χ3n) is 4.12. The minimum atomic E-state index is -0.170. The molecule has 2 aromatic carbocycles. The second kappa shape index (κ2) is 6.85. The zero-order chi connectivity index (χ0) is 19.0. The average Bonchev–Trinajstić information content (AvgIpc) is 3.29. The predicted octanol–water partition coefficient (Wildman–Crippen LogP) is 3.89. The molecule has 1 aliphatic rings. The van der Waals surface area contributed by atoms with Crippen LogP contribution in [0.1, 0.15) is 6.92 Å². The molecule has 8 heteroatoms. The fourth-order valence-corrected chi connectivity index (χ4v) is 3.16. The van der Waals surface area contributed by atoms with Crippen LogP contribution in [0.25, 0.3) is 17.1 Å². The van der Waals surface area contributed by atoms with E-state index in [-0.39, 0.29) is 12.7 Å². The van der Waals surface area contributed by atoms with Crippen molar-refractivity contribution in [2.75, 3.05) is 19.2 Å². The van der Waals surface area contributed by atoms with Crippen LogP contribution < -0.4 is 19.5 Å². The Labute approximate surface area is 160 Å². The molecule has 0 bridgehead atoms. The lowest BCUT2D eigenvalue weighted by Gasteiger charge is -2.14. The Bertz CT molecular complexity index is 1030. The van der Waals surface area contributed by atoms with Crippen molar-refractivity contribution < 1.29 is 19.0 Å². The van der Waals surface area contributed by atoms with Gasteiger partial charge in [0.15, 0.2) is 11.5 Å². The molecule has 0 spiro atoms. The number of imidazole rings is 1. The van der Waals surface area contributed by atoms with E-state index in [1.54, 1.807) is 25.4 Å². The molecule has 138 valence electrons. The van der Waals surface area contributed by atoms with Gasteiger partial charge in [0.25, 0.3) is 0 Å². The van der Waals surface area contributed by atoms with Crippen molar-refractivity contribution in [3.05, 3.63) is 47.7 Å². The number of anilines is 1. The highest BCUT2D eigenvalue weighted by molar-refractivity contribution is 6.33. The number of hydrogen-bond donors (Lipinski definition) is 1. The van der Waals surface area contributed by atoms with E-state index in [4.69, 9.17) is 25.8 Å². The van der Waals surface area contributed by atoms with Gasteiger partial charge in [0.1, 0.15) is 11.6 Å². The number of nitrogens with one attached hydrogen (secondary N) is 1. The van der Waals surface area contributed by atoms with Gasteiger partial charge < -0.3 is 19.5 Å². The Morgan fingerprint density at radius 1 is 1.26 bits per heavy atom. The molecule has 0 radical (unpaired) electrons. The van der Waals surface area contributed by atoms with Crippen molar-refractivity contribution in [2.24, 2.45) is 0 Å². The van der Waals surface area contributed by atoms with Crippen molar-refractivity contribution in [1.82, 2.24) is 9.55 Å². The fraction of sp³-hybridized carbons (Fsp3) is 0.158. The molecular weight excluding hydrogens is 370 g/mol. The van der Waals surface area contributed by atoms with Crippen LogP contribution in [-0.4, -0.2) is 29.4 Å². The highest BCUT2D eigenvalue weighted by Crippen LogP contribution is 2.41. The number of carbonyl (C=O) groups is 1. The van der Waals surface area contributed by atoms with E-state index in [2.05, 4.69) is 10.3 Å². The zero-order valence-corrected chi connectivity index (χ0v) is 15.4. The lowest BCUT2D eigenvalue weighted by molar-refractivity contribution is -0.114. The van der Waals surface area contributed by atoms with Crippen LogP contribution in [0.3, 0.4) is 0 Å². The lowest BCUT2D eigenvalue weighted by Crippen LogP contribution is -2.07. The molecule has 0 atom stereocenters. The first-order chi connectivity index (χ1) is 13.1. The van der Waals surface area contributed by atoms with Crippen LogP contribution >= 0.6 is 11.6 Å². The smallest absolute Gasteiger partial charge is 0.231 e. The standard InChI is InChI=1S/C19H16ClN3O4/c1-11(24)22-15-4-3-12(7-16(15)25-2)23-6-5-21-19(23)13-8-17-18(9-14(13)20)27-10-26-17/h3-9H,10H2,1-2H3,(H,22,24). The summed E-state index contributed by atoms with van der Waals surface area (Å²) in [4.78, 5) is 15.8. The molecule has 1 aliphatic heterocycles. The average molecular weight is 386 g/mol. The molecular formula is C19H16ClN3O4. The number of aromatic nitrogens is 2. The van der Waals surface area contributed by atoms with Gasteiger partial charge >= 0.3 is 0 Å². The lowest BCUT2D eigenvalue weighted by atomic mass is 10.1. The predicted molar refractivity (Wildman–Crippen MR) is 101 cm³/mol. The second-order valence-electron chi connectivity index (χ2n) is 5.87. The van der Waals surface area contributed by atoms with E-state index in [1.807, 2.05) is 29.0 Å². The van der Waals surface area contributed by atoms with E-state index in [1.165, 1.54) is 6.92 Å². The van der Waals surface area contributed by atoms with Gasteiger partial charge in [-0.1, -0.05) is 11.6 Å². The largest absolute Gasteiger partial charge is 0.494 e. The molecule has 2 heterocycles. The Balaban J connectivity index is 1.78. The van der Waals surface area contributed by atoms with Gasteiger partial charge in [-0.2, -0.15) is 0 Å². The quantitative estimate of drug-likeness (QED) is 0.737. The van der Waals surface area contributed by atoms with Crippen molar-refractivity contribution in [3.63, 3.8) is 0 Å². The first kappa shape index (κ1) is 17.2. The minimum Gasteiger partial charge on any atom is -0.494 e. The first-order valence-corrected chi connectivity index (χ1v) is 8.53. The van der Waals surface area contributed by atoms with Crippen molar-refractivity contribution >= 4 is 23.2 Å². The number of hydrogen-bond acceptors (Lipinski definition) is 5. The summed E-state index contributed by atoms with van der Waals surface area (Å²) >= 11 is 6.44. The number of halogens is 1. The van der Waals surface area contributed by atoms with Crippen molar-refractivity contribution in [2.45, 2.75) is 6.92 Å². The maximum atomic E-state index is 11.3. The third-order valence-corrected chi connectivity index (χ3v) is 4.43. The Hall–Kier alpha value is -3.19. The van der Waals surface area contributed by atoms with Crippen molar-refractivity contribution in [3.8, 4) is 34.3 Å². The third kappa shape index (κ3) is 3.17. The number of benzene rings is 2. The van der Waals surface area contributed by atoms with Crippen LogP contribution in [0, 0.1) is 0 Å². The van der Waals surface area contributed by atoms with Gasteiger partial charge in [-0.25, -0.2) is 4.98 Å². The number of nitrogens with zero attached hydrogens (tertiary/aromatic N) is 2. The Kier molecular flexibility index (Phi) is 4.37. The molecule has 0 aliphatic carbocycles. The van der Waals surface area contributed by atoms with Crippen LogP contribution in [0.5, 0.6) is 17.2 Å². The van der Waals surface area contributed by atoms with E-state index < -0.39 is 0 Å². The molecule has 27 heavy (non-hydrogen) atoms. The van der Waals surface area contributed by atoms with Crippen molar-refractivity contribution in [1.29, 1.82) is 0 Å². The first-order valence-electron chi connectivity index (χ1n) is 8.15. The molecule has 0 saturated heterocycles. The van der Waals surface area contributed by atoms with E-state index >= 15 is 0 Å². The maximum absolute atomic E-state index is 11.3. The molecule has 7 nitrogen and oxygen atoms in total. The fourth-order valence-electron chi connectivity index (χ4n) is 2.92. The summed E-state index contributed by atoms with van der Waals surface area (Å²) in [6.45, 7) is 1.62. The zero-order valence-electron chi connectivity index (χ0n) is 14.7. The number of amides is 1. The van der Waals surface area contributed by atoms with Crippen LogP contribution in [0.15, 0.2) is 42.7 Å². The molecule has 4 rings (SSSR count). The van der Waals surface area contributed by atoms with Gasteiger partial charge in [-0.05, 0) is 18.2 Å². The van der Waals surface area contributed by atoms with E-state index in [9.17, 15) is 4.79 Å². The summed E-state index contributed by atoms with van der Waals surface area (Å²) in [5.74, 6) is 2.26. The number of methoxy groups -OCH3 is 1. The molecule has 0 saturated carbocycles. The molecule has 3 aromatic rings. The maximum Gasteiger partial charge on any atom is 0.231 e. The molecule has 1 amide bonds. The van der Waals surface area contributed by atoms with E-state index in [0.29, 0.717) is 33.8 Å². The normalized spacial score (nSPS) is 12.1. The topological polar surface area (TPSA) is 74.6 Å². The summed E-state index contributed by atoms with van der Waals surface area (Å²) in [5.41, 5.74) is 2.12. The summed E-state index contributed by atoms with van der Waals surface area (Å²) in [5, 5.41) is 3.25. The van der Waals surface area contributed by atoms with Gasteiger partial charge in [0.2, 0.25) is 12.7 Å². The summed E-state index contributed by atoms with van der Waals surface area (Å²) < 4.78 is 18.1. The number of fused-ring (bicyclic) bond motifs is 1. The van der Waals surface area contributed by atoms with E-state index in [0.717, 1.165) is 11.3 Å². The number of ether oxygens (including phenoxy) is 3. The number of carbonyl (C=O) groups excluding carboxylic acids is 1. The second-order valence-corrected chi connectivity index (χ2v) is 6.28. The van der Waals surface area contributed by atoms with Crippen LogP contribution in [0.2, 0.25) is 5.02 Å². The monoisotopic (exact) mass is 385 g/mol. The van der Waals surface area contributed by atoms with Gasteiger partial charge in [-0.15, -0.1) is 0 Å². The Morgan fingerprint density at radius 3 is 2.78 bits per heavy atom. The highest BCUT2D eigenvalue weighted by atomic mass is 35.5. The highest BCUT2D eigenvalue weighted by Gasteiger charge is 2.20. The summed E-state index contributed by atoms with van der Waals surface area (Å²) in [7, 11) is 1.55. The summed E-state index contributed by atoms with van der Waals surface area (Å²) in [6, 6.07) is 8.99. The van der Waals surface area contributed by atoms with Gasteiger partial charge in [-0.3, -0.25) is 9.36 Å². The van der Waals surface area contributed by atoms with Crippen LogP contribution in [0.4, 0.5) is 5.69 Å². The minimum absolute atomic E-state index is 0.170. The molecule has 1 N–H and O–H groups in total. The van der Waals surface area contributed by atoms with Crippen LogP contribution in [-0.2, 0) is 4.79 Å². The molecule has 0 fully saturated rings. The number of rotatable bonds is 4. The SMILES string of the molecule is COc1cc(-n2ccnc2-c2cc3c(cc2Cl)OCO3)ccc1NC(C)=O. The molecule has 1 aromatic heterocycles. The van der Waals surface area contributed by atoms with Gasteiger partial charge in [0, 0.05) is 37.0 Å². The summed E-state index contributed by atoms with van der Waals surface area (Å²) in [6.07, 6.45) is 3.51. The Morgan fingerprint density at radius 2 is 2.04 bits per heavy atom. The molecule has 0 unspecified atom stereocenters.